The van der Waals surface area contributed by atoms with E-state index in [1.165, 1.54) is 16.3 Å². The molecule has 1 amide bonds. The number of hydrogen-bond acceptors (Lipinski definition) is 6. The van der Waals surface area contributed by atoms with E-state index < -0.39 is 5.56 Å². The summed E-state index contributed by atoms with van der Waals surface area (Å²) in [6, 6.07) is 9.47. The minimum absolute atomic E-state index is 0.0492. The van der Waals surface area contributed by atoms with E-state index >= 15 is 0 Å². The molecule has 0 bridgehead atoms. The average Bonchev–Trinajstić information content (AvgIpc) is 3.13. The van der Waals surface area contributed by atoms with E-state index in [2.05, 4.69) is 19.2 Å². The molecule has 3 rings (SSSR count). The molecule has 1 aromatic carbocycles. The Hall–Kier alpha value is -2.60. The van der Waals surface area contributed by atoms with Crippen LogP contribution in [0.2, 0.25) is 5.02 Å². The molecule has 0 saturated carbocycles. The SMILES string of the molecule is CCCCC(CC)CN1C(=O)/C(=C\c2c(C)c(C#N)c(=O)n(C)c2NCc2ccccc2Cl)SC1=S. The van der Waals surface area contributed by atoms with E-state index in [4.69, 9.17) is 23.8 Å². The number of nitrogens with one attached hydrogen (secondary N) is 1. The Morgan fingerprint density at radius 1 is 1.28 bits per heavy atom. The maximum absolute atomic E-state index is 13.4. The highest BCUT2D eigenvalue weighted by atomic mass is 35.5. The first kappa shape index (κ1) is 28.0. The summed E-state index contributed by atoms with van der Waals surface area (Å²) in [6.45, 7) is 7.01. The number of benzene rings is 1. The third-order valence-corrected chi connectivity index (χ3v) is 8.28. The first-order valence-electron chi connectivity index (χ1n) is 12.1. The van der Waals surface area contributed by atoms with Crippen molar-refractivity contribution >= 4 is 57.7 Å². The molecule has 1 unspecified atom stereocenters. The van der Waals surface area contributed by atoms with Gasteiger partial charge in [0.05, 0.1) is 4.91 Å². The predicted molar refractivity (Wildman–Crippen MR) is 153 cm³/mol. The van der Waals surface area contributed by atoms with Crippen LogP contribution in [0.1, 0.15) is 61.8 Å². The summed E-state index contributed by atoms with van der Waals surface area (Å²) in [7, 11) is 1.61. The number of anilines is 1. The molecule has 0 radical (unpaired) electrons. The van der Waals surface area contributed by atoms with Crippen LogP contribution in [0.25, 0.3) is 6.08 Å². The number of halogens is 1. The maximum Gasteiger partial charge on any atom is 0.270 e. The number of thiocarbonyl (C=S) groups is 1. The van der Waals surface area contributed by atoms with Gasteiger partial charge in [-0.3, -0.25) is 19.1 Å². The van der Waals surface area contributed by atoms with E-state index in [9.17, 15) is 14.9 Å². The zero-order valence-electron chi connectivity index (χ0n) is 21.1. The molecule has 1 saturated heterocycles. The Morgan fingerprint density at radius 3 is 2.64 bits per heavy atom. The third-order valence-electron chi connectivity index (χ3n) is 6.54. The van der Waals surface area contributed by atoms with Crippen molar-refractivity contribution < 1.29 is 4.79 Å². The van der Waals surface area contributed by atoms with Crippen molar-refractivity contribution in [1.82, 2.24) is 9.47 Å². The molecule has 1 aliphatic heterocycles. The van der Waals surface area contributed by atoms with Crippen LogP contribution in [0.3, 0.4) is 0 Å². The fraction of sp³-hybridized carbons (Fsp3) is 0.407. The Labute approximate surface area is 227 Å². The van der Waals surface area contributed by atoms with Crippen molar-refractivity contribution in [2.24, 2.45) is 13.0 Å². The highest BCUT2D eigenvalue weighted by molar-refractivity contribution is 8.26. The normalized spacial score (nSPS) is 15.4. The van der Waals surface area contributed by atoms with Gasteiger partial charge >= 0.3 is 0 Å². The number of unbranched alkanes of at least 4 members (excludes halogenated alkanes) is 1. The lowest BCUT2D eigenvalue weighted by Gasteiger charge is -2.22. The van der Waals surface area contributed by atoms with Crippen molar-refractivity contribution in [3.05, 3.63) is 66.8 Å². The second-order valence-corrected chi connectivity index (χ2v) is 11.0. The highest BCUT2D eigenvalue weighted by Gasteiger charge is 2.34. The summed E-state index contributed by atoms with van der Waals surface area (Å²) < 4.78 is 1.95. The number of rotatable bonds is 10. The summed E-state index contributed by atoms with van der Waals surface area (Å²) >= 11 is 13.2. The van der Waals surface area contributed by atoms with E-state index in [1.807, 2.05) is 24.3 Å². The lowest BCUT2D eigenvalue weighted by atomic mass is 9.99. The highest BCUT2D eigenvalue weighted by Crippen LogP contribution is 2.36. The fourth-order valence-corrected chi connectivity index (χ4v) is 5.69. The van der Waals surface area contributed by atoms with Crippen LogP contribution < -0.4 is 10.9 Å². The van der Waals surface area contributed by atoms with Crippen LogP contribution in [0.4, 0.5) is 5.82 Å². The molecular weight excluding hydrogens is 512 g/mol. The summed E-state index contributed by atoms with van der Waals surface area (Å²) in [5.41, 5.74) is 1.64. The van der Waals surface area contributed by atoms with Gasteiger partial charge in [0, 0.05) is 30.7 Å². The molecule has 1 fully saturated rings. The van der Waals surface area contributed by atoms with Gasteiger partial charge in [-0.15, -0.1) is 0 Å². The minimum Gasteiger partial charge on any atom is -0.367 e. The fourth-order valence-electron chi connectivity index (χ4n) is 4.23. The molecule has 1 aliphatic rings. The topological polar surface area (TPSA) is 78.1 Å². The van der Waals surface area contributed by atoms with Gasteiger partial charge in [-0.05, 0) is 42.5 Å². The number of thioether (sulfide) groups is 1. The molecule has 0 aliphatic carbocycles. The molecule has 2 aromatic rings. The van der Waals surface area contributed by atoms with Crippen molar-refractivity contribution in [2.75, 3.05) is 11.9 Å². The first-order valence-corrected chi connectivity index (χ1v) is 13.7. The Morgan fingerprint density at radius 2 is 2.00 bits per heavy atom. The van der Waals surface area contributed by atoms with Crippen LogP contribution in [0.15, 0.2) is 34.0 Å². The molecule has 6 nitrogen and oxygen atoms in total. The molecule has 36 heavy (non-hydrogen) atoms. The van der Waals surface area contributed by atoms with Crippen LogP contribution in [-0.2, 0) is 18.4 Å². The summed E-state index contributed by atoms with van der Waals surface area (Å²) in [5, 5.41) is 13.6. The standard InChI is InChI=1S/C27H31ClN4O2S2/c1-5-7-10-18(6-2)16-32-26(34)23(36-27(32)35)13-20-17(3)21(14-29)25(33)31(4)24(20)30-15-19-11-8-9-12-22(19)28/h8-9,11-13,18,30H,5-7,10,15-16H2,1-4H3/b23-13+. The number of nitrogens with zero attached hydrogens (tertiary/aromatic N) is 3. The Balaban J connectivity index is 2.00. The summed E-state index contributed by atoms with van der Waals surface area (Å²) in [5.74, 6) is 0.768. The minimum atomic E-state index is -0.400. The number of aromatic nitrogens is 1. The van der Waals surface area contributed by atoms with Gasteiger partial charge in [-0.2, -0.15) is 5.26 Å². The molecule has 9 heteroatoms. The molecule has 1 aromatic heterocycles. The zero-order valence-corrected chi connectivity index (χ0v) is 23.4. The largest absolute Gasteiger partial charge is 0.367 e. The van der Waals surface area contributed by atoms with Crippen molar-refractivity contribution in [3.63, 3.8) is 0 Å². The van der Waals surface area contributed by atoms with Gasteiger partial charge in [0.2, 0.25) is 0 Å². The van der Waals surface area contributed by atoms with Crippen LogP contribution >= 0.6 is 35.6 Å². The Bertz CT molecular complexity index is 1300. The molecule has 190 valence electrons. The molecule has 1 N–H and O–H groups in total. The van der Waals surface area contributed by atoms with E-state index in [1.54, 1.807) is 31.0 Å². The number of carbonyl (C=O) groups excluding carboxylic acids is 1. The summed E-state index contributed by atoms with van der Waals surface area (Å²) in [4.78, 5) is 28.4. The monoisotopic (exact) mass is 542 g/mol. The van der Waals surface area contributed by atoms with Gasteiger partial charge in [-0.25, -0.2) is 0 Å². The van der Waals surface area contributed by atoms with Gasteiger partial charge in [0.15, 0.2) is 0 Å². The lowest BCUT2D eigenvalue weighted by Crippen LogP contribution is -2.33. The number of hydrogen-bond donors (Lipinski definition) is 1. The quantitative estimate of drug-likeness (QED) is 0.282. The van der Waals surface area contributed by atoms with Crippen LogP contribution in [0, 0.1) is 24.2 Å². The lowest BCUT2D eigenvalue weighted by molar-refractivity contribution is -0.122. The van der Waals surface area contributed by atoms with E-state index in [-0.39, 0.29) is 11.5 Å². The number of pyridine rings is 1. The molecular formula is C27H31ClN4O2S2. The van der Waals surface area contributed by atoms with E-state index in [0.717, 1.165) is 31.2 Å². The van der Waals surface area contributed by atoms with Crippen LogP contribution in [-0.4, -0.2) is 26.2 Å². The zero-order chi connectivity index (χ0) is 26.4. The maximum atomic E-state index is 13.4. The van der Waals surface area contributed by atoms with Crippen LogP contribution in [0.5, 0.6) is 0 Å². The van der Waals surface area contributed by atoms with Gasteiger partial charge < -0.3 is 5.32 Å². The molecule has 2 heterocycles. The summed E-state index contributed by atoms with van der Waals surface area (Å²) in [6.07, 6.45) is 6.03. The van der Waals surface area contributed by atoms with Crippen molar-refractivity contribution in [2.45, 2.75) is 53.0 Å². The second kappa shape index (κ2) is 12.6. The number of nitriles is 1. The smallest absolute Gasteiger partial charge is 0.270 e. The number of amides is 1. The molecule has 1 atom stereocenters. The first-order chi connectivity index (χ1) is 17.2. The van der Waals surface area contributed by atoms with E-state index in [0.29, 0.717) is 50.2 Å². The predicted octanol–water partition coefficient (Wildman–Crippen LogP) is 6.25. The molecule has 0 spiro atoms. The van der Waals surface area contributed by atoms with Gasteiger partial charge in [0.25, 0.3) is 11.5 Å². The van der Waals surface area contributed by atoms with Gasteiger partial charge in [0.1, 0.15) is 21.8 Å². The average molecular weight is 543 g/mol. The van der Waals surface area contributed by atoms with Crippen molar-refractivity contribution in [3.8, 4) is 6.07 Å². The Kier molecular flexibility index (Phi) is 9.77. The van der Waals surface area contributed by atoms with Gasteiger partial charge in [-0.1, -0.05) is 86.9 Å². The third kappa shape index (κ3) is 6.03. The number of carbonyl (C=O) groups is 1. The second-order valence-electron chi connectivity index (χ2n) is 8.89. The van der Waals surface area contributed by atoms with Crippen molar-refractivity contribution in [1.29, 1.82) is 5.26 Å².